The highest BCUT2D eigenvalue weighted by Crippen LogP contribution is 2.20. The first kappa shape index (κ1) is 16.4. The van der Waals surface area contributed by atoms with Crippen LogP contribution in [0.3, 0.4) is 0 Å². The maximum absolute atomic E-state index is 12.2. The van der Waals surface area contributed by atoms with Crippen molar-refractivity contribution in [1.82, 2.24) is 4.72 Å². The molecule has 1 aromatic rings. The molecular weight excluding hydrogens is 290 g/mol. The van der Waals surface area contributed by atoms with Crippen molar-refractivity contribution in [3.8, 4) is 0 Å². The second-order valence-electron chi connectivity index (χ2n) is 5.42. The first-order valence-electron chi connectivity index (χ1n) is 7.38. The Morgan fingerprint density at radius 1 is 1.38 bits per heavy atom. The molecule has 5 nitrogen and oxygen atoms in total. The minimum Gasteiger partial charge on any atom is -0.389 e. The van der Waals surface area contributed by atoms with Crippen molar-refractivity contribution in [2.75, 3.05) is 13.2 Å². The van der Waals surface area contributed by atoms with E-state index in [1.807, 2.05) is 0 Å². The van der Waals surface area contributed by atoms with Gasteiger partial charge in [0.05, 0.1) is 23.7 Å². The predicted octanol–water partition coefficient (Wildman–Crippen LogP) is 1.98. The Balaban J connectivity index is 1.87. The van der Waals surface area contributed by atoms with E-state index in [1.54, 1.807) is 19.1 Å². The number of ether oxygens (including phenoxy) is 1. The zero-order chi connectivity index (χ0) is 15.3. The molecule has 0 amide bonds. The summed E-state index contributed by atoms with van der Waals surface area (Å²) in [5, 5.41) is 9.51. The number of hydrogen-bond acceptors (Lipinski definition) is 4. The average Bonchev–Trinajstić information content (AvgIpc) is 2.97. The highest BCUT2D eigenvalue weighted by molar-refractivity contribution is 7.89. The van der Waals surface area contributed by atoms with Crippen molar-refractivity contribution in [3.05, 3.63) is 29.8 Å². The van der Waals surface area contributed by atoms with E-state index >= 15 is 0 Å². The summed E-state index contributed by atoms with van der Waals surface area (Å²) in [4.78, 5) is 0.168. The van der Waals surface area contributed by atoms with Gasteiger partial charge in [-0.1, -0.05) is 25.0 Å². The summed E-state index contributed by atoms with van der Waals surface area (Å²) in [7, 11) is -3.55. The van der Waals surface area contributed by atoms with Gasteiger partial charge in [0.25, 0.3) is 0 Å². The van der Waals surface area contributed by atoms with E-state index in [9.17, 15) is 13.5 Å². The Morgan fingerprint density at radius 2 is 2.10 bits per heavy atom. The van der Waals surface area contributed by atoms with Gasteiger partial charge in [-0.3, -0.25) is 0 Å². The van der Waals surface area contributed by atoms with Crippen molar-refractivity contribution >= 4 is 10.0 Å². The van der Waals surface area contributed by atoms with Gasteiger partial charge in [0.15, 0.2) is 0 Å². The molecule has 0 spiro atoms. The standard InChI is InChI=1S/C15H23NO4S/c1-12(17)13-5-4-8-15(11-13)21(18,19)16-9-10-20-14-6-2-3-7-14/h4-5,8,11-12,14,16-17H,2-3,6-7,9-10H2,1H3. The Kier molecular flexibility index (Phi) is 5.75. The summed E-state index contributed by atoms with van der Waals surface area (Å²) in [5.41, 5.74) is 0.583. The van der Waals surface area contributed by atoms with Crippen LogP contribution < -0.4 is 4.72 Å². The van der Waals surface area contributed by atoms with Crippen LogP contribution in [-0.2, 0) is 14.8 Å². The van der Waals surface area contributed by atoms with Crippen molar-refractivity contribution < 1.29 is 18.3 Å². The van der Waals surface area contributed by atoms with Gasteiger partial charge in [0, 0.05) is 6.54 Å². The molecule has 0 heterocycles. The molecule has 118 valence electrons. The summed E-state index contributed by atoms with van der Waals surface area (Å²) in [6.45, 7) is 2.26. The molecule has 21 heavy (non-hydrogen) atoms. The Bertz CT molecular complexity index is 551. The molecule has 0 aliphatic heterocycles. The first-order valence-corrected chi connectivity index (χ1v) is 8.86. The number of nitrogens with one attached hydrogen (secondary N) is 1. The molecule has 0 saturated heterocycles. The normalized spacial score (nSPS) is 18.0. The van der Waals surface area contributed by atoms with Gasteiger partial charge < -0.3 is 9.84 Å². The van der Waals surface area contributed by atoms with Crippen molar-refractivity contribution in [1.29, 1.82) is 0 Å². The second-order valence-corrected chi connectivity index (χ2v) is 7.19. The Hall–Kier alpha value is -0.950. The topological polar surface area (TPSA) is 75.6 Å². The molecule has 2 N–H and O–H groups in total. The molecule has 6 heteroatoms. The minimum absolute atomic E-state index is 0.168. The van der Waals surface area contributed by atoms with E-state index in [1.165, 1.54) is 25.0 Å². The first-order chi connectivity index (χ1) is 9.99. The lowest BCUT2D eigenvalue weighted by Crippen LogP contribution is -2.28. The monoisotopic (exact) mass is 313 g/mol. The molecule has 0 radical (unpaired) electrons. The average molecular weight is 313 g/mol. The van der Waals surface area contributed by atoms with Crippen molar-refractivity contribution in [2.24, 2.45) is 0 Å². The number of rotatable bonds is 7. The third-order valence-corrected chi connectivity index (χ3v) is 5.16. The summed E-state index contributed by atoms with van der Waals surface area (Å²) in [6.07, 6.45) is 4.14. The zero-order valence-corrected chi connectivity index (χ0v) is 13.1. The van der Waals surface area contributed by atoms with E-state index < -0.39 is 16.1 Å². The van der Waals surface area contributed by atoms with Gasteiger partial charge in [-0.05, 0) is 37.5 Å². The third kappa shape index (κ3) is 4.78. The molecule has 0 bridgehead atoms. The maximum Gasteiger partial charge on any atom is 0.240 e. The lowest BCUT2D eigenvalue weighted by molar-refractivity contribution is 0.0626. The maximum atomic E-state index is 12.2. The molecule has 1 fully saturated rings. The van der Waals surface area contributed by atoms with Crippen LogP contribution in [0, 0.1) is 0 Å². The van der Waals surface area contributed by atoms with Crippen molar-refractivity contribution in [3.63, 3.8) is 0 Å². The lowest BCUT2D eigenvalue weighted by atomic mass is 10.1. The highest BCUT2D eigenvalue weighted by atomic mass is 32.2. The molecule has 0 aromatic heterocycles. The van der Waals surface area contributed by atoms with Crippen LogP contribution in [0.5, 0.6) is 0 Å². The number of benzene rings is 1. The minimum atomic E-state index is -3.55. The van der Waals surface area contributed by atoms with Crippen LogP contribution in [-0.4, -0.2) is 32.8 Å². The second kappa shape index (κ2) is 7.35. The van der Waals surface area contributed by atoms with Gasteiger partial charge in [-0.25, -0.2) is 13.1 Å². The number of hydrogen-bond donors (Lipinski definition) is 2. The summed E-state index contributed by atoms with van der Waals surface area (Å²) in [6, 6.07) is 6.34. The molecule has 1 atom stereocenters. The smallest absolute Gasteiger partial charge is 0.240 e. The van der Waals surface area contributed by atoms with E-state index in [2.05, 4.69) is 4.72 Å². The lowest BCUT2D eigenvalue weighted by Gasteiger charge is -2.12. The fraction of sp³-hybridized carbons (Fsp3) is 0.600. The van der Waals surface area contributed by atoms with Crippen molar-refractivity contribution in [2.45, 2.75) is 49.7 Å². The SMILES string of the molecule is CC(O)c1cccc(S(=O)(=O)NCCOC2CCCC2)c1. The Labute approximate surface area is 126 Å². The van der Waals surface area contributed by atoms with Crippen LogP contribution >= 0.6 is 0 Å². The molecule has 1 aliphatic carbocycles. The van der Waals surface area contributed by atoms with E-state index in [0.29, 0.717) is 12.2 Å². The molecule has 1 aromatic carbocycles. The van der Waals surface area contributed by atoms with E-state index in [-0.39, 0.29) is 17.5 Å². The molecule has 1 saturated carbocycles. The largest absolute Gasteiger partial charge is 0.389 e. The fourth-order valence-corrected chi connectivity index (χ4v) is 3.55. The van der Waals surface area contributed by atoms with E-state index in [0.717, 1.165) is 12.8 Å². The molecule has 1 aliphatic rings. The van der Waals surface area contributed by atoms with Gasteiger partial charge in [0.1, 0.15) is 0 Å². The Morgan fingerprint density at radius 3 is 2.76 bits per heavy atom. The zero-order valence-electron chi connectivity index (χ0n) is 12.3. The quantitative estimate of drug-likeness (QED) is 0.755. The number of sulfonamides is 1. The molecule has 2 rings (SSSR count). The molecule has 1 unspecified atom stereocenters. The van der Waals surface area contributed by atoms with Crippen LogP contribution in [0.15, 0.2) is 29.2 Å². The van der Waals surface area contributed by atoms with Gasteiger partial charge in [-0.2, -0.15) is 0 Å². The molecular formula is C15H23NO4S. The van der Waals surface area contributed by atoms with Crippen LogP contribution in [0.4, 0.5) is 0 Å². The summed E-state index contributed by atoms with van der Waals surface area (Å²) < 4.78 is 32.5. The number of aliphatic hydroxyl groups excluding tert-OH is 1. The van der Waals surface area contributed by atoms with Gasteiger partial charge in [-0.15, -0.1) is 0 Å². The van der Waals surface area contributed by atoms with Crippen LogP contribution in [0.25, 0.3) is 0 Å². The van der Waals surface area contributed by atoms with Gasteiger partial charge in [0.2, 0.25) is 10.0 Å². The summed E-state index contributed by atoms with van der Waals surface area (Å²) >= 11 is 0. The summed E-state index contributed by atoms with van der Waals surface area (Å²) in [5.74, 6) is 0. The van der Waals surface area contributed by atoms with E-state index in [4.69, 9.17) is 4.74 Å². The highest BCUT2D eigenvalue weighted by Gasteiger charge is 2.17. The third-order valence-electron chi connectivity index (χ3n) is 3.70. The van der Waals surface area contributed by atoms with Crippen LogP contribution in [0.1, 0.15) is 44.3 Å². The number of aliphatic hydroxyl groups is 1. The van der Waals surface area contributed by atoms with Crippen LogP contribution in [0.2, 0.25) is 0 Å². The predicted molar refractivity (Wildman–Crippen MR) is 80.5 cm³/mol. The van der Waals surface area contributed by atoms with Gasteiger partial charge >= 0.3 is 0 Å². The fourth-order valence-electron chi connectivity index (χ4n) is 2.48.